The number of hydrogen-bond donors (Lipinski definition) is 2. The number of nitrogens with zero attached hydrogens (tertiary/aromatic N) is 1. The van der Waals surface area contributed by atoms with Crippen LogP contribution in [0.2, 0.25) is 0 Å². The van der Waals surface area contributed by atoms with Crippen LogP contribution in [-0.4, -0.2) is 22.6 Å². The van der Waals surface area contributed by atoms with Crippen LogP contribution in [0, 0.1) is 5.92 Å². The van der Waals surface area contributed by atoms with Gasteiger partial charge in [-0.15, -0.1) is 0 Å². The van der Waals surface area contributed by atoms with E-state index in [1.165, 1.54) is 0 Å². The molecule has 2 heterocycles. The smallest absolute Gasteiger partial charge is 0.308 e. The van der Waals surface area contributed by atoms with Crippen molar-refractivity contribution in [2.75, 3.05) is 6.54 Å². The van der Waals surface area contributed by atoms with Crippen LogP contribution in [0.5, 0.6) is 0 Å². The van der Waals surface area contributed by atoms with Crippen molar-refractivity contribution in [1.29, 1.82) is 0 Å². The number of rotatable bonds is 2. The fraction of sp³-hybridized carbons (Fsp3) is 0.500. The largest absolute Gasteiger partial charge is 0.481 e. The number of carbonyl (C=O) groups is 1. The molecule has 0 aromatic carbocycles. The third-order valence-corrected chi connectivity index (χ3v) is 3.09. The highest BCUT2D eigenvalue weighted by Gasteiger charge is 2.30. The van der Waals surface area contributed by atoms with Crippen LogP contribution < -0.4 is 5.32 Å². The molecule has 1 saturated heterocycles. The Hall–Kier alpha value is -1.42. The van der Waals surface area contributed by atoms with Crippen molar-refractivity contribution in [3.63, 3.8) is 0 Å². The van der Waals surface area contributed by atoms with E-state index in [9.17, 15) is 9.90 Å². The summed E-state index contributed by atoms with van der Waals surface area (Å²) >= 11 is 0. The average Bonchev–Trinajstić information content (AvgIpc) is 2.55. The molecule has 16 heavy (non-hydrogen) atoms. The molecule has 1 aliphatic rings. The molecule has 1 aliphatic heterocycles. The van der Waals surface area contributed by atoms with Gasteiger partial charge in [0.05, 0.1) is 5.92 Å². The van der Waals surface area contributed by atoms with Crippen molar-refractivity contribution in [2.45, 2.75) is 25.3 Å². The Bertz CT molecular complexity index is 353. The second-order valence-corrected chi connectivity index (χ2v) is 4.15. The highest BCUT2D eigenvalue weighted by molar-refractivity contribution is 5.71. The second kappa shape index (κ2) is 5.07. The van der Waals surface area contributed by atoms with E-state index >= 15 is 0 Å². The van der Waals surface area contributed by atoms with E-state index in [1.807, 2.05) is 12.1 Å². The monoisotopic (exact) mass is 220 g/mol. The van der Waals surface area contributed by atoms with Crippen LogP contribution in [0.15, 0.2) is 24.5 Å². The molecule has 1 aromatic heterocycles. The molecule has 1 aromatic rings. The summed E-state index contributed by atoms with van der Waals surface area (Å²) in [5.41, 5.74) is 1.02. The molecule has 0 aliphatic carbocycles. The van der Waals surface area contributed by atoms with Gasteiger partial charge in [0.2, 0.25) is 0 Å². The lowest BCUT2D eigenvalue weighted by atomic mass is 9.91. The molecule has 4 nitrogen and oxygen atoms in total. The number of nitrogens with one attached hydrogen (secondary N) is 1. The molecular formula is C12H16N2O2. The first-order valence-electron chi connectivity index (χ1n) is 5.65. The van der Waals surface area contributed by atoms with E-state index in [4.69, 9.17) is 0 Å². The van der Waals surface area contributed by atoms with E-state index in [0.29, 0.717) is 0 Å². The summed E-state index contributed by atoms with van der Waals surface area (Å²) in [5, 5.41) is 12.6. The first-order chi connectivity index (χ1) is 7.79. The molecule has 0 amide bonds. The number of aliphatic carboxylic acids is 1. The SMILES string of the molecule is O=C(O)[C@H]1CCCCN[C@@H]1c1ccncc1. The van der Waals surface area contributed by atoms with Crippen molar-refractivity contribution >= 4 is 5.97 Å². The van der Waals surface area contributed by atoms with Gasteiger partial charge in [-0.1, -0.05) is 6.42 Å². The van der Waals surface area contributed by atoms with Crippen LogP contribution in [0.3, 0.4) is 0 Å². The zero-order valence-corrected chi connectivity index (χ0v) is 9.10. The Kier molecular flexibility index (Phi) is 3.51. The number of pyridine rings is 1. The molecule has 2 atom stereocenters. The first kappa shape index (κ1) is 11.1. The van der Waals surface area contributed by atoms with E-state index < -0.39 is 5.97 Å². The Morgan fingerprint density at radius 1 is 1.38 bits per heavy atom. The van der Waals surface area contributed by atoms with Gasteiger partial charge < -0.3 is 10.4 Å². The summed E-state index contributed by atoms with van der Waals surface area (Å²) in [6.45, 7) is 0.886. The summed E-state index contributed by atoms with van der Waals surface area (Å²) in [6, 6.07) is 3.70. The predicted molar refractivity (Wildman–Crippen MR) is 60.0 cm³/mol. The van der Waals surface area contributed by atoms with Gasteiger partial charge in [0.15, 0.2) is 0 Å². The van der Waals surface area contributed by atoms with Gasteiger partial charge >= 0.3 is 5.97 Å². The highest BCUT2D eigenvalue weighted by atomic mass is 16.4. The maximum atomic E-state index is 11.2. The Balaban J connectivity index is 2.24. The van der Waals surface area contributed by atoms with Crippen molar-refractivity contribution in [2.24, 2.45) is 5.92 Å². The van der Waals surface area contributed by atoms with Gasteiger partial charge in [0, 0.05) is 18.4 Å². The van der Waals surface area contributed by atoms with Crippen LogP contribution in [0.1, 0.15) is 30.9 Å². The lowest BCUT2D eigenvalue weighted by Crippen LogP contribution is -2.31. The molecular weight excluding hydrogens is 204 g/mol. The molecule has 1 fully saturated rings. The molecule has 0 spiro atoms. The van der Waals surface area contributed by atoms with Gasteiger partial charge in [-0.2, -0.15) is 0 Å². The van der Waals surface area contributed by atoms with Crippen molar-refractivity contribution in [3.05, 3.63) is 30.1 Å². The number of carboxylic acid groups (broad SMARTS) is 1. The van der Waals surface area contributed by atoms with Gasteiger partial charge in [0.1, 0.15) is 0 Å². The lowest BCUT2D eigenvalue weighted by Gasteiger charge is -2.22. The molecule has 2 rings (SSSR count). The van der Waals surface area contributed by atoms with Crippen LogP contribution in [0.4, 0.5) is 0 Å². The number of aromatic nitrogens is 1. The summed E-state index contributed by atoms with van der Waals surface area (Å²) < 4.78 is 0. The summed E-state index contributed by atoms with van der Waals surface area (Å²) in [5.74, 6) is -1.04. The molecule has 2 N–H and O–H groups in total. The highest BCUT2D eigenvalue weighted by Crippen LogP contribution is 2.28. The van der Waals surface area contributed by atoms with E-state index in [-0.39, 0.29) is 12.0 Å². The summed E-state index contributed by atoms with van der Waals surface area (Å²) in [7, 11) is 0. The quantitative estimate of drug-likeness (QED) is 0.794. The fourth-order valence-electron chi connectivity index (χ4n) is 2.24. The first-order valence-corrected chi connectivity index (χ1v) is 5.65. The maximum absolute atomic E-state index is 11.2. The Morgan fingerprint density at radius 3 is 2.81 bits per heavy atom. The molecule has 0 radical (unpaired) electrons. The van der Waals surface area contributed by atoms with E-state index in [0.717, 1.165) is 31.4 Å². The standard InChI is InChI=1S/C12H16N2O2/c15-12(16)10-3-1-2-6-14-11(10)9-4-7-13-8-5-9/h4-5,7-8,10-11,14H,1-3,6H2,(H,15,16)/t10-,11+/m0/s1. The second-order valence-electron chi connectivity index (χ2n) is 4.15. The van der Waals surface area contributed by atoms with Crippen molar-refractivity contribution in [3.8, 4) is 0 Å². The molecule has 0 saturated carbocycles. The van der Waals surface area contributed by atoms with Crippen LogP contribution >= 0.6 is 0 Å². The minimum absolute atomic E-state index is 0.0806. The number of carboxylic acids is 1. The number of hydrogen-bond acceptors (Lipinski definition) is 3. The normalized spacial score (nSPS) is 26.0. The molecule has 86 valence electrons. The third-order valence-electron chi connectivity index (χ3n) is 3.09. The maximum Gasteiger partial charge on any atom is 0.308 e. The minimum Gasteiger partial charge on any atom is -0.481 e. The Labute approximate surface area is 94.7 Å². The minimum atomic E-state index is -0.712. The lowest BCUT2D eigenvalue weighted by molar-refractivity contribution is -0.143. The summed E-state index contributed by atoms with van der Waals surface area (Å²) in [6.07, 6.45) is 6.19. The van der Waals surface area contributed by atoms with Gasteiger partial charge in [-0.05, 0) is 37.1 Å². The third kappa shape index (κ3) is 2.39. The van der Waals surface area contributed by atoms with E-state index in [1.54, 1.807) is 12.4 Å². The fourth-order valence-corrected chi connectivity index (χ4v) is 2.24. The van der Waals surface area contributed by atoms with Gasteiger partial charge in [-0.25, -0.2) is 0 Å². The van der Waals surface area contributed by atoms with E-state index in [2.05, 4.69) is 10.3 Å². The van der Waals surface area contributed by atoms with Gasteiger partial charge in [0.25, 0.3) is 0 Å². The van der Waals surface area contributed by atoms with Gasteiger partial charge in [-0.3, -0.25) is 9.78 Å². The molecule has 0 bridgehead atoms. The van der Waals surface area contributed by atoms with Crippen molar-refractivity contribution in [1.82, 2.24) is 10.3 Å². The Morgan fingerprint density at radius 2 is 2.12 bits per heavy atom. The predicted octanol–water partition coefficient (Wildman–Crippen LogP) is 1.60. The topological polar surface area (TPSA) is 62.2 Å². The zero-order valence-electron chi connectivity index (χ0n) is 9.10. The molecule has 4 heteroatoms. The van der Waals surface area contributed by atoms with Crippen LogP contribution in [0.25, 0.3) is 0 Å². The summed E-state index contributed by atoms with van der Waals surface area (Å²) in [4.78, 5) is 15.2. The molecule has 0 unspecified atom stereocenters. The van der Waals surface area contributed by atoms with Crippen molar-refractivity contribution < 1.29 is 9.90 Å². The zero-order chi connectivity index (χ0) is 11.4. The average molecular weight is 220 g/mol. The van der Waals surface area contributed by atoms with Crippen LogP contribution in [-0.2, 0) is 4.79 Å².